The van der Waals surface area contributed by atoms with Crippen LogP contribution in [-0.2, 0) is 17.6 Å². The highest BCUT2D eigenvalue weighted by molar-refractivity contribution is 5.79. The maximum atomic E-state index is 13.4. The number of rotatable bonds is 5. The highest BCUT2D eigenvalue weighted by Gasteiger charge is 2.28. The number of phenols is 1. The van der Waals surface area contributed by atoms with Crippen molar-refractivity contribution in [2.45, 2.75) is 38.1 Å². The minimum Gasteiger partial charge on any atom is -0.508 e. The molecule has 4 rings (SSSR count). The number of carbonyl (C=O) groups excluding carboxylic acids is 1. The lowest BCUT2D eigenvalue weighted by Gasteiger charge is -2.36. The lowest BCUT2D eigenvalue weighted by Crippen LogP contribution is -2.39. The van der Waals surface area contributed by atoms with Crippen molar-refractivity contribution in [2.75, 3.05) is 6.54 Å². The normalized spacial score (nSPS) is 16.4. The van der Waals surface area contributed by atoms with Gasteiger partial charge in [0, 0.05) is 24.9 Å². The van der Waals surface area contributed by atoms with Crippen LogP contribution in [-0.4, -0.2) is 27.4 Å². The van der Waals surface area contributed by atoms with Crippen LogP contribution < -0.4 is 0 Å². The third-order valence-corrected chi connectivity index (χ3v) is 5.62. The molecule has 1 aliphatic heterocycles. The molecule has 0 spiro atoms. The van der Waals surface area contributed by atoms with Crippen LogP contribution in [0.3, 0.4) is 0 Å². The van der Waals surface area contributed by atoms with Crippen molar-refractivity contribution in [3.8, 4) is 5.75 Å². The molecular formula is C25H25FN2O2. The Morgan fingerprint density at radius 3 is 2.63 bits per heavy atom. The summed E-state index contributed by atoms with van der Waals surface area (Å²) < 4.78 is 13.4. The Bertz CT molecular complexity index is 1000. The third kappa shape index (κ3) is 4.85. The summed E-state index contributed by atoms with van der Waals surface area (Å²) in [5.74, 6) is 0.0507. The van der Waals surface area contributed by atoms with E-state index in [2.05, 4.69) is 4.98 Å². The zero-order valence-corrected chi connectivity index (χ0v) is 16.8. The quantitative estimate of drug-likeness (QED) is 0.664. The van der Waals surface area contributed by atoms with Gasteiger partial charge in [-0.25, -0.2) is 4.39 Å². The van der Waals surface area contributed by atoms with Gasteiger partial charge in [-0.3, -0.25) is 9.78 Å². The predicted molar refractivity (Wildman–Crippen MR) is 114 cm³/mol. The molecule has 1 saturated heterocycles. The Morgan fingerprint density at radius 1 is 1.07 bits per heavy atom. The van der Waals surface area contributed by atoms with Crippen LogP contribution in [0.2, 0.25) is 0 Å². The number of carbonyl (C=O) groups is 1. The highest BCUT2D eigenvalue weighted by Crippen LogP contribution is 2.31. The minimum atomic E-state index is -0.242. The highest BCUT2D eigenvalue weighted by atomic mass is 19.1. The fourth-order valence-electron chi connectivity index (χ4n) is 4.06. The van der Waals surface area contributed by atoms with Crippen LogP contribution in [0, 0.1) is 5.82 Å². The summed E-state index contributed by atoms with van der Waals surface area (Å²) >= 11 is 0. The molecule has 154 valence electrons. The first-order chi connectivity index (χ1) is 14.6. The smallest absolute Gasteiger partial charge is 0.227 e. The van der Waals surface area contributed by atoms with Gasteiger partial charge in [-0.1, -0.05) is 30.3 Å². The summed E-state index contributed by atoms with van der Waals surface area (Å²) in [6, 6.07) is 17.4. The molecular weight excluding hydrogens is 379 g/mol. The number of aromatic nitrogens is 1. The lowest BCUT2D eigenvalue weighted by molar-refractivity contribution is -0.134. The van der Waals surface area contributed by atoms with Gasteiger partial charge >= 0.3 is 0 Å². The van der Waals surface area contributed by atoms with Gasteiger partial charge < -0.3 is 10.0 Å². The number of piperidine rings is 1. The van der Waals surface area contributed by atoms with Gasteiger partial charge in [0.15, 0.2) is 0 Å². The molecule has 1 fully saturated rings. The largest absolute Gasteiger partial charge is 0.508 e. The van der Waals surface area contributed by atoms with E-state index in [0.29, 0.717) is 12.8 Å². The number of hydrogen-bond acceptors (Lipinski definition) is 3. The fourth-order valence-corrected chi connectivity index (χ4v) is 4.06. The monoisotopic (exact) mass is 404 g/mol. The van der Waals surface area contributed by atoms with Crippen LogP contribution >= 0.6 is 0 Å². The summed E-state index contributed by atoms with van der Waals surface area (Å²) in [7, 11) is 0. The van der Waals surface area contributed by atoms with E-state index in [-0.39, 0.29) is 23.5 Å². The van der Waals surface area contributed by atoms with Gasteiger partial charge in [0.25, 0.3) is 0 Å². The molecule has 5 heteroatoms. The molecule has 1 aromatic heterocycles. The van der Waals surface area contributed by atoms with E-state index in [1.54, 1.807) is 30.3 Å². The second kappa shape index (κ2) is 9.08. The van der Waals surface area contributed by atoms with E-state index in [1.165, 1.54) is 12.1 Å². The first-order valence-corrected chi connectivity index (χ1v) is 10.3. The van der Waals surface area contributed by atoms with Crippen LogP contribution in [0.1, 0.15) is 47.7 Å². The molecule has 3 aromatic rings. The lowest BCUT2D eigenvalue weighted by atomic mass is 9.95. The molecule has 2 heterocycles. The number of pyridine rings is 1. The van der Waals surface area contributed by atoms with E-state index in [9.17, 15) is 14.3 Å². The second-order valence-electron chi connectivity index (χ2n) is 7.83. The molecule has 1 aliphatic rings. The Morgan fingerprint density at radius 2 is 1.90 bits per heavy atom. The Kier molecular flexibility index (Phi) is 6.07. The predicted octanol–water partition coefficient (Wildman–Crippen LogP) is 4.81. The first-order valence-electron chi connectivity index (χ1n) is 10.3. The number of hydrogen-bond donors (Lipinski definition) is 1. The summed E-state index contributed by atoms with van der Waals surface area (Å²) in [6.45, 7) is 0.743. The molecule has 0 bridgehead atoms. The molecule has 1 unspecified atom stereocenters. The number of phenolic OH excluding ortho intramolecular Hbond substituents is 1. The molecule has 30 heavy (non-hydrogen) atoms. The van der Waals surface area contributed by atoms with Crippen molar-refractivity contribution in [1.29, 1.82) is 0 Å². The van der Waals surface area contributed by atoms with Crippen molar-refractivity contribution in [1.82, 2.24) is 9.88 Å². The van der Waals surface area contributed by atoms with Crippen LogP contribution in [0.5, 0.6) is 5.75 Å². The zero-order valence-electron chi connectivity index (χ0n) is 16.8. The maximum absolute atomic E-state index is 13.4. The van der Waals surface area contributed by atoms with E-state index in [0.717, 1.165) is 48.2 Å². The summed E-state index contributed by atoms with van der Waals surface area (Å²) in [5.41, 5.74) is 3.70. The molecule has 0 radical (unpaired) electrons. The minimum absolute atomic E-state index is 0.0269. The summed E-state index contributed by atoms with van der Waals surface area (Å²) in [6.07, 6.45) is 5.76. The molecule has 4 nitrogen and oxygen atoms in total. The maximum Gasteiger partial charge on any atom is 0.227 e. The summed E-state index contributed by atoms with van der Waals surface area (Å²) in [4.78, 5) is 19.5. The molecule has 1 atom stereocenters. The fraction of sp³-hybridized carbons (Fsp3) is 0.280. The topological polar surface area (TPSA) is 53.4 Å². The molecule has 1 amide bonds. The number of likely N-dealkylation sites (tertiary alicyclic amines) is 1. The average molecular weight is 404 g/mol. The number of amides is 1. The van der Waals surface area contributed by atoms with Crippen molar-refractivity contribution in [2.24, 2.45) is 0 Å². The van der Waals surface area contributed by atoms with E-state index in [1.807, 2.05) is 29.3 Å². The van der Waals surface area contributed by atoms with Gasteiger partial charge in [-0.2, -0.15) is 0 Å². The van der Waals surface area contributed by atoms with Gasteiger partial charge in [-0.15, -0.1) is 0 Å². The van der Waals surface area contributed by atoms with Crippen molar-refractivity contribution in [3.05, 3.63) is 95.1 Å². The van der Waals surface area contributed by atoms with Crippen LogP contribution in [0.15, 0.2) is 66.9 Å². The van der Waals surface area contributed by atoms with Crippen molar-refractivity contribution in [3.63, 3.8) is 0 Å². The van der Waals surface area contributed by atoms with Crippen LogP contribution in [0.25, 0.3) is 0 Å². The average Bonchev–Trinajstić information content (AvgIpc) is 2.76. The van der Waals surface area contributed by atoms with E-state index >= 15 is 0 Å². The van der Waals surface area contributed by atoms with Crippen molar-refractivity contribution >= 4 is 5.91 Å². The second-order valence-corrected chi connectivity index (χ2v) is 7.83. The van der Waals surface area contributed by atoms with Gasteiger partial charge in [0.1, 0.15) is 11.6 Å². The number of aromatic hydroxyl groups is 1. The van der Waals surface area contributed by atoms with Gasteiger partial charge in [0.05, 0.1) is 12.5 Å². The number of halogens is 1. The van der Waals surface area contributed by atoms with Crippen LogP contribution in [0.4, 0.5) is 4.39 Å². The zero-order chi connectivity index (χ0) is 20.9. The molecule has 2 aromatic carbocycles. The standard InChI is InChI=1S/C25H25FN2O2/c26-21-5-3-4-19(14-21)15-22-10-9-20(17-27-22)24-6-1-2-13-28(24)25(30)16-18-7-11-23(29)12-8-18/h3-5,7-12,14,17,24,29H,1-2,6,13,15-16H2. The molecule has 1 N–H and O–H groups in total. The Balaban J connectivity index is 1.46. The van der Waals surface area contributed by atoms with Gasteiger partial charge in [0.2, 0.25) is 5.91 Å². The number of nitrogens with zero attached hydrogens (tertiary/aromatic N) is 2. The van der Waals surface area contributed by atoms with E-state index < -0.39 is 0 Å². The van der Waals surface area contributed by atoms with Crippen molar-refractivity contribution < 1.29 is 14.3 Å². The molecule has 0 aliphatic carbocycles. The first kappa shape index (κ1) is 20.1. The number of benzene rings is 2. The van der Waals surface area contributed by atoms with E-state index in [4.69, 9.17) is 0 Å². The summed E-state index contributed by atoms with van der Waals surface area (Å²) in [5, 5.41) is 9.44. The Hall–Kier alpha value is -3.21. The third-order valence-electron chi connectivity index (χ3n) is 5.62. The molecule has 0 saturated carbocycles. The Labute approximate surface area is 176 Å². The van der Waals surface area contributed by atoms with Gasteiger partial charge in [-0.05, 0) is 66.3 Å². The SMILES string of the molecule is O=C(Cc1ccc(O)cc1)N1CCCCC1c1ccc(Cc2cccc(F)c2)nc1.